The SMILES string of the molecule is COC(=O)CC(=O)CC1CCC(O)[NH+]1C. The Morgan fingerprint density at radius 2 is 2.13 bits per heavy atom. The highest BCUT2D eigenvalue weighted by atomic mass is 16.5. The summed E-state index contributed by atoms with van der Waals surface area (Å²) in [5, 5.41) is 9.47. The van der Waals surface area contributed by atoms with E-state index in [4.69, 9.17) is 0 Å². The zero-order valence-corrected chi connectivity index (χ0v) is 9.16. The van der Waals surface area contributed by atoms with E-state index in [9.17, 15) is 14.7 Å². The minimum absolute atomic E-state index is 0.111. The molecule has 3 atom stereocenters. The molecule has 0 aromatic heterocycles. The van der Waals surface area contributed by atoms with Gasteiger partial charge in [-0.15, -0.1) is 0 Å². The fraction of sp³-hybridized carbons (Fsp3) is 0.800. The number of likely N-dealkylation sites (tertiary alicyclic amines) is 1. The molecule has 86 valence electrons. The van der Waals surface area contributed by atoms with Crippen molar-refractivity contribution in [1.82, 2.24) is 0 Å². The molecule has 1 fully saturated rings. The number of aliphatic hydroxyl groups excluding tert-OH is 1. The molecule has 1 saturated heterocycles. The summed E-state index contributed by atoms with van der Waals surface area (Å²) in [5.74, 6) is -0.600. The van der Waals surface area contributed by atoms with Crippen molar-refractivity contribution >= 4 is 11.8 Å². The molecule has 5 heteroatoms. The van der Waals surface area contributed by atoms with E-state index in [-0.39, 0.29) is 24.5 Å². The maximum atomic E-state index is 11.4. The molecule has 0 aromatic carbocycles. The third-order valence-corrected chi connectivity index (χ3v) is 3.00. The molecule has 0 amide bonds. The molecule has 0 radical (unpaired) electrons. The number of nitrogens with one attached hydrogen (secondary N) is 1. The van der Waals surface area contributed by atoms with Gasteiger partial charge in [0.2, 0.25) is 0 Å². The van der Waals surface area contributed by atoms with Gasteiger partial charge in [-0.25, -0.2) is 0 Å². The van der Waals surface area contributed by atoms with Crippen molar-refractivity contribution in [3.63, 3.8) is 0 Å². The standard InChI is InChI=1S/C10H17NO4/c1-11-7(3-4-9(11)13)5-8(12)6-10(14)15-2/h7,9,13H,3-6H2,1-2H3/p+1. The van der Waals surface area contributed by atoms with Crippen LogP contribution in [-0.4, -0.2) is 43.3 Å². The fourth-order valence-corrected chi connectivity index (χ4v) is 1.93. The lowest BCUT2D eigenvalue weighted by Gasteiger charge is -2.18. The largest absolute Gasteiger partial charge is 0.469 e. The number of aliphatic hydroxyl groups is 1. The number of esters is 1. The van der Waals surface area contributed by atoms with E-state index in [1.165, 1.54) is 7.11 Å². The first kappa shape index (κ1) is 12.1. The van der Waals surface area contributed by atoms with Crippen LogP contribution < -0.4 is 4.90 Å². The number of quaternary nitrogens is 1. The van der Waals surface area contributed by atoms with Crippen molar-refractivity contribution in [2.75, 3.05) is 14.2 Å². The van der Waals surface area contributed by atoms with Crippen molar-refractivity contribution < 1.29 is 24.3 Å². The van der Waals surface area contributed by atoms with E-state index in [2.05, 4.69) is 4.74 Å². The maximum absolute atomic E-state index is 11.4. The number of hydrogen-bond donors (Lipinski definition) is 2. The summed E-state index contributed by atoms with van der Waals surface area (Å²) in [6.07, 6.45) is 1.37. The van der Waals surface area contributed by atoms with Crippen LogP contribution in [0, 0.1) is 0 Å². The first-order chi connectivity index (χ1) is 7.04. The second kappa shape index (κ2) is 5.23. The van der Waals surface area contributed by atoms with Gasteiger partial charge in [0.05, 0.1) is 26.6 Å². The van der Waals surface area contributed by atoms with Gasteiger partial charge in [-0.2, -0.15) is 0 Å². The van der Waals surface area contributed by atoms with Gasteiger partial charge in [0.1, 0.15) is 12.2 Å². The van der Waals surface area contributed by atoms with Crippen LogP contribution in [0.4, 0.5) is 0 Å². The van der Waals surface area contributed by atoms with Crippen molar-refractivity contribution in [3.05, 3.63) is 0 Å². The average molecular weight is 216 g/mol. The third-order valence-electron chi connectivity index (χ3n) is 3.00. The summed E-state index contributed by atoms with van der Waals surface area (Å²) < 4.78 is 4.42. The summed E-state index contributed by atoms with van der Waals surface area (Å²) in [4.78, 5) is 23.2. The van der Waals surface area contributed by atoms with Gasteiger partial charge in [0.25, 0.3) is 0 Å². The number of ether oxygens (including phenoxy) is 1. The van der Waals surface area contributed by atoms with Crippen molar-refractivity contribution in [3.8, 4) is 0 Å². The van der Waals surface area contributed by atoms with Gasteiger partial charge in [-0.3, -0.25) is 9.59 Å². The Hall–Kier alpha value is -0.940. The molecule has 1 rings (SSSR count). The molecule has 1 aliphatic heterocycles. The first-order valence-corrected chi connectivity index (χ1v) is 5.14. The van der Waals surface area contributed by atoms with Crippen LogP contribution in [0.1, 0.15) is 25.7 Å². The quantitative estimate of drug-likeness (QED) is 0.443. The molecular weight excluding hydrogens is 198 g/mol. The Morgan fingerprint density at radius 3 is 2.60 bits per heavy atom. The Morgan fingerprint density at radius 1 is 1.47 bits per heavy atom. The molecule has 0 saturated carbocycles. The molecule has 5 nitrogen and oxygen atoms in total. The fourth-order valence-electron chi connectivity index (χ4n) is 1.93. The average Bonchev–Trinajstić information content (AvgIpc) is 2.49. The lowest BCUT2D eigenvalue weighted by Crippen LogP contribution is -3.14. The highest BCUT2D eigenvalue weighted by Crippen LogP contribution is 2.09. The molecule has 3 unspecified atom stereocenters. The van der Waals surface area contributed by atoms with Crippen LogP contribution >= 0.6 is 0 Å². The van der Waals surface area contributed by atoms with Crippen LogP contribution in [0.25, 0.3) is 0 Å². The first-order valence-electron chi connectivity index (χ1n) is 5.14. The molecule has 0 bridgehead atoms. The topological polar surface area (TPSA) is 68.0 Å². The number of Topliss-reactive ketones (excluding diaryl/α,β-unsaturated/α-hetero) is 1. The van der Waals surface area contributed by atoms with Crippen LogP contribution in [0.2, 0.25) is 0 Å². The van der Waals surface area contributed by atoms with E-state index >= 15 is 0 Å². The predicted octanol–water partition coefficient (Wildman–Crippen LogP) is -1.50. The van der Waals surface area contributed by atoms with Crippen LogP contribution in [0.3, 0.4) is 0 Å². The van der Waals surface area contributed by atoms with Crippen molar-refractivity contribution in [1.29, 1.82) is 0 Å². The Bertz CT molecular complexity index is 254. The number of carbonyl (C=O) groups is 2. The second-order valence-corrected chi connectivity index (χ2v) is 4.03. The minimum atomic E-state index is -0.490. The third kappa shape index (κ3) is 3.28. The summed E-state index contributed by atoms with van der Waals surface area (Å²) in [7, 11) is 3.14. The normalized spacial score (nSPS) is 30.2. The number of ketones is 1. The lowest BCUT2D eigenvalue weighted by atomic mass is 10.1. The second-order valence-electron chi connectivity index (χ2n) is 4.03. The molecule has 0 aliphatic carbocycles. The highest BCUT2D eigenvalue weighted by molar-refractivity contribution is 5.95. The lowest BCUT2D eigenvalue weighted by molar-refractivity contribution is -0.937. The zero-order valence-electron chi connectivity index (χ0n) is 9.16. The van der Waals surface area contributed by atoms with Crippen LogP contribution in [-0.2, 0) is 14.3 Å². The Balaban J connectivity index is 2.35. The molecular formula is C10H18NO4+. The monoisotopic (exact) mass is 216 g/mol. The van der Waals surface area contributed by atoms with Gasteiger partial charge in [0.15, 0.2) is 6.23 Å². The van der Waals surface area contributed by atoms with E-state index in [0.29, 0.717) is 6.42 Å². The summed E-state index contributed by atoms with van der Waals surface area (Å²) in [5.41, 5.74) is 0. The smallest absolute Gasteiger partial charge is 0.313 e. The Labute approximate surface area is 89.0 Å². The van der Waals surface area contributed by atoms with Gasteiger partial charge in [-0.1, -0.05) is 0 Å². The van der Waals surface area contributed by atoms with Crippen LogP contribution in [0.5, 0.6) is 0 Å². The van der Waals surface area contributed by atoms with E-state index in [1.54, 1.807) is 0 Å². The van der Waals surface area contributed by atoms with E-state index in [1.807, 2.05) is 7.05 Å². The van der Waals surface area contributed by atoms with E-state index < -0.39 is 5.97 Å². The predicted molar refractivity (Wildman–Crippen MR) is 52.2 cm³/mol. The molecule has 1 heterocycles. The maximum Gasteiger partial charge on any atom is 0.313 e. The van der Waals surface area contributed by atoms with Crippen molar-refractivity contribution in [2.45, 2.75) is 38.0 Å². The van der Waals surface area contributed by atoms with Gasteiger partial charge in [-0.05, 0) is 0 Å². The summed E-state index contributed by atoms with van der Waals surface area (Å²) in [6, 6.07) is 0.136. The molecule has 1 aliphatic rings. The number of rotatable bonds is 4. The van der Waals surface area contributed by atoms with Crippen molar-refractivity contribution in [2.24, 2.45) is 0 Å². The number of methoxy groups -OCH3 is 1. The van der Waals surface area contributed by atoms with Gasteiger partial charge < -0.3 is 14.7 Å². The highest BCUT2D eigenvalue weighted by Gasteiger charge is 2.34. The molecule has 0 aromatic rings. The molecule has 15 heavy (non-hydrogen) atoms. The minimum Gasteiger partial charge on any atom is -0.469 e. The van der Waals surface area contributed by atoms with Gasteiger partial charge in [0, 0.05) is 12.8 Å². The van der Waals surface area contributed by atoms with Crippen LogP contribution in [0.15, 0.2) is 0 Å². The number of hydrogen-bond acceptors (Lipinski definition) is 4. The van der Waals surface area contributed by atoms with Gasteiger partial charge >= 0.3 is 5.97 Å². The summed E-state index contributed by atoms with van der Waals surface area (Å²) >= 11 is 0. The molecule has 2 N–H and O–H groups in total. The van der Waals surface area contributed by atoms with E-state index in [0.717, 1.165) is 17.7 Å². The zero-order chi connectivity index (χ0) is 11.4. The Kier molecular flexibility index (Phi) is 4.23. The number of carbonyl (C=O) groups excluding carboxylic acids is 2. The summed E-state index contributed by atoms with van der Waals surface area (Å²) in [6.45, 7) is 0. The molecule has 0 spiro atoms.